The lowest BCUT2D eigenvalue weighted by molar-refractivity contribution is -0.135. The van der Waals surface area contributed by atoms with Crippen LogP contribution in [0.1, 0.15) is 63.6 Å². The van der Waals surface area contributed by atoms with Crippen LogP contribution in [-0.2, 0) is 11.3 Å². The van der Waals surface area contributed by atoms with E-state index in [0.717, 1.165) is 19.3 Å². The molecule has 0 aliphatic carbocycles. The van der Waals surface area contributed by atoms with Gasteiger partial charge < -0.3 is 9.32 Å². The number of furan rings is 1. The van der Waals surface area contributed by atoms with E-state index in [1.165, 1.54) is 0 Å². The fraction of sp³-hybridized carbons (Fsp3) is 0.321. The molecule has 0 aliphatic heterocycles. The number of hydrogen-bond acceptors (Lipinski definition) is 4. The van der Waals surface area contributed by atoms with Crippen LogP contribution in [-0.4, -0.2) is 20.4 Å². The van der Waals surface area contributed by atoms with Crippen molar-refractivity contribution in [1.82, 2.24) is 14.5 Å². The van der Waals surface area contributed by atoms with Gasteiger partial charge in [-0.3, -0.25) is 14.2 Å². The molecule has 7 heteroatoms. The Kier molecular flexibility index (Phi) is 8.03. The molecule has 0 saturated carbocycles. The highest BCUT2D eigenvalue weighted by Gasteiger charge is 2.29. The summed E-state index contributed by atoms with van der Waals surface area (Å²) in [5.41, 5.74) is 1.08. The van der Waals surface area contributed by atoms with Crippen LogP contribution < -0.4 is 5.56 Å². The lowest BCUT2D eigenvalue weighted by Crippen LogP contribution is -2.38. The predicted octanol–water partition coefficient (Wildman–Crippen LogP) is 6.69. The third kappa shape index (κ3) is 5.49. The Morgan fingerprint density at radius 1 is 1.06 bits per heavy atom. The van der Waals surface area contributed by atoms with Crippen LogP contribution >= 0.6 is 11.6 Å². The van der Waals surface area contributed by atoms with Crippen molar-refractivity contribution >= 4 is 28.4 Å². The maximum atomic E-state index is 13.7. The highest BCUT2D eigenvalue weighted by molar-refractivity contribution is 6.30. The van der Waals surface area contributed by atoms with Crippen LogP contribution in [0.5, 0.6) is 0 Å². The van der Waals surface area contributed by atoms with Crippen LogP contribution in [0.4, 0.5) is 0 Å². The van der Waals surface area contributed by atoms with Gasteiger partial charge >= 0.3 is 0 Å². The molecule has 0 aliphatic rings. The van der Waals surface area contributed by atoms with E-state index >= 15 is 0 Å². The van der Waals surface area contributed by atoms with E-state index in [4.69, 9.17) is 21.0 Å². The highest BCUT2D eigenvalue weighted by Crippen LogP contribution is 2.29. The summed E-state index contributed by atoms with van der Waals surface area (Å²) in [5.74, 6) is 1.23. The third-order valence-corrected chi connectivity index (χ3v) is 6.42. The number of para-hydroxylation sites is 1. The predicted molar refractivity (Wildman–Crippen MR) is 139 cm³/mol. The molecule has 6 nitrogen and oxygen atoms in total. The number of benzene rings is 2. The number of hydrogen-bond donors (Lipinski definition) is 0. The van der Waals surface area contributed by atoms with Gasteiger partial charge in [0.1, 0.15) is 11.6 Å². The van der Waals surface area contributed by atoms with E-state index < -0.39 is 6.04 Å². The number of amides is 1. The van der Waals surface area contributed by atoms with Crippen molar-refractivity contribution in [2.75, 3.05) is 0 Å². The van der Waals surface area contributed by atoms with Gasteiger partial charge in [0.05, 0.1) is 35.4 Å². The molecule has 0 bridgehead atoms. The average Bonchev–Trinajstić information content (AvgIpc) is 3.38. The number of carbonyl (C=O) groups excluding carboxylic acids is 1. The first-order chi connectivity index (χ1) is 17.0. The lowest BCUT2D eigenvalue weighted by Gasteiger charge is -2.32. The Balaban J connectivity index is 1.88. The second kappa shape index (κ2) is 11.4. The first-order valence-corrected chi connectivity index (χ1v) is 12.5. The third-order valence-electron chi connectivity index (χ3n) is 6.17. The number of unbranched alkanes of at least 4 members (excludes halogenated alkanes) is 2. The van der Waals surface area contributed by atoms with Gasteiger partial charge in [-0.25, -0.2) is 4.98 Å². The summed E-state index contributed by atoms with van der Waals surface area (Å²) in [6.07, 6.45) is 5.46. The van der Waals surface area contributed by atoms with Crippen LogP contribution in [0.15, 0.2) is 76.1 Å². The topological polar surface area (TPSA) is 68.3 Å². The van der Waals surface area contributed by atoms with Gasteiger partial charge in [-0.2, -0.15) is 0 Å². The minimum Gasteiger partial charge on any atom is -0.467 e. The number of fused-ring (bicyclic) bond motifs is 1. The van der Waals surface area contributed by atoms with E-state index in [-0.39, 0.29) is 11.5 Å². The molecule has 1 atom stereocenters. The minimum absolute atomic E-state index is 0.0202. The number of aromatic nitrogens is 2. The Labute approximate surface area is 210 Å². The van der Waals surface area contributed by atoms with Gasteiger partial charge in [0.2, 0.25) is 5.91 Å². The van der Waals surface area contributed by atoms with Gasteiger partial charge in [0.15, 0.2) is 0 Å². The van der Waals surface area contributed by atoms with Crippen LogP contribution in [0.2, 0.25) is 5.02 Å². The fourth-order valence-corrected chi connectivity index (χ4v) is 4.49. The van der Waals surface area contributed by atoms with Gasteiger partial charge in [0.25, 0.3) is 5.56 Å². The molecule has 4 rings (SSSR count). The Hall–Kier alpha value is -3.38. The second-order valence-corrected chi connectivity index (χ2v) is 9.02. The van der Waals surface area contributed by atoms with Gasteiger partial charge in [0, 0.05) is 11.4 Å². The first kappa shape index (κ1) is 24.7. The molecule has 0 saturated heterocycles. The Bertz CT molecular complexity index is 1330. The molecular weight excluding hydrogens is 462 g/mol. The van der Waals surface area contributed by atoms with Gasteiger partial charge in [-0.05, 0) is 61.4 Å². The SMILES string of the molecule is CCCCCC(=O)N(Cc1ccco1)C(CC)c1nc2ccccc2c(=O)n1-c1ccc(Cl)cc1. The van der Waals surface area contributed by atoms with E-state index in [9.17, 15) is 9.59 Å². The van der Waals surface area contributed by atoms with E-state index in [1.807, 2.05) is 37.3 Å². The Morgan fingerprint density at radius 2 is 1.83 bits per heavy atom. The molecule has 35 heavy (non-hydrogen) atoms. The molecule has 1 unspecified atom stereocenters. The van der Waals surface area contributed by atoms with E-state index in [0.29, 0.717) is 52.6 Å². The smallest absolute Gasteiger partial charge is 0.266 e. The average molecular weight is 492 g/mol. The quantitative estimate of drug-likeness (QED) is 0.232. The molecule has 1 amide bonds. The monoisotopic (exact) mass is 491 g/mol. The summed E-state index contributed by atoms with van der Waals surface area (Å²) in [6.45, 7) is 4.43. The minimum atomic E-state index is -0.429. The fourth-order valence-electron chi connectivity index (χ4n) is 4.37. The molecule has 0 spiro atoms. The molecule has 2 aromatic heterocycles. The molecular formula is C28H30ClN3O3. The lowest BCUT2D eigenvalue weighted by atomic mass is 10.1. The molecule has 0 N–H and O–H groups in total. The molecule has 0 fully saturated rings. The molecule has 2 aromatic carbocycles. The summed E-state index contributed by atoms with van der Waals surface area (Å²) < 4.78 is 7.21. The van der Waals surface area contributed by atoms with Crippen molar-refractivity contribution in [3.8, 4) is 5.69 Å². The molecule has 0 radical (unpaired) electrons. The largest absolute Gasteiger partial charge is 0.467 e. The molecule has 2 heterocycles. The number of nitrogens with zero attached hydrogens (tertiary/aromatic N) is 3. The molecule has 4 aromatic rings. The maximum Gasteiger partial charge on any atom is 0.266 e. The van der Waals surface area contributed by atoms with Crippen molar-refractivity contribution in [2.45, 2.75) is 58.5 Å². The van der Waals surface area contributed by atoms with E-state index in [1.54, 1.807) is 46.1 Å². The van der Waals surface area contributed by atoms with Crippen LogP contribution in [0.3, 0.4) is 0 Å². The zero-order valence-electron chi connectivity index (χ0n) is 20.1. The zero-order valence-corrected chi connectivity index (χ0v) is 20.9. The van der Waals surface area contributed by atoms with Crippen molar-refractivity contribution in [1.29, 1.82) is 0 Å². The van der Waals surface area contributed by atoms with Crippen LogP contribution in [0.25, 0.3) is 16.6 Å². The number of rotatable bonds is 10. The summed E-state index contributed by atoms with van der Waals surface area (Å²) in [4.78, 5) is 34.0. The van der Waals surface area contributed by atoms with Crippen molar-refractivity contribution in [2.24, 2.45) is 0 Å². The van der Waals surface area contributed by atoms with Crippen molar-refractivity contribution < 1.29 is 9.21 Å². The zero-order chi connectivity index (χ0) is 24.8. The van der Waals surface area contributed by atoms with Crippen molar-refractivity contribution in [3.05, 3.63) is 93.9 Å². The summed E-state index contributed by atoms with van der Waals surface area (Å²) in [6, 6.07) is 17.6. The Morgan fingerprint density at radius 3 is 2.51 bits per heavy atom. The molecule has 182 valence electrons. The first-order valence-electron chi connectivity index (χ1n) is 12.1. The van der Waals surface area contributed by atoms with E-state index in [2.05, 4.69) is 6.92 Å². The standard InChI is InChI=1S/C28H30ClN3O3/c1-3-5-6-13-26(33)31(19-22-10-9-18-35-22)25(4-2)27-30-24-12-8-7-11-23(24)28(34)32(27)21-16-14-20(29)15-17-21/h7-12,14-18,25H,3-6,13,19H2,1-2H3. The summed E-state index contributed by atoms with van der Waals surface area (Å²) >= 11 is 6.13. The van der Waals surface area contributed by atoms with Gasteiger partial charge in [-0.1, -0.05) is 50.4 Å². The normalized spacial score (nSPS) is 12.1. The van der Waals surface area contributed by atoms with Crippen LogP contribution in [0, 0.1) is 0 Å². The second-order valence-electron chi connectivity index (χ2n) is 8.59. The number of carbonyl (C=O) groups is 1. The van der Waals surface area contributed by atoms with Crippen molar-refractivity contribution in [3.63, 3.8) is 0 Å². The summed E-state index contributed by atoms with van der Waals surface area (Å²) in [7, 11) is 0. The van der Waals surface area contributed by atoms with Gasteiger partial charge in [-0.15, -0.1) is 0 Å². The highest BCUT2D eigenvalue weighted by atomic mass is 35.5. The number of halogens is 1. The maximum absolute atomic E-state index is 13.7. The summed E-state index contributed by atoms with van der Waals surface area (Å²) in [5, 5.41) is 1.10.